The van der Waals surface area contributed by atoms with Crippen LogP contribution in [0.1, 0.15) is 18.0 Å². The van der Waals surface area contributed by atoms with E-state index in [2.05, 4.69) is 20.7 Å². The minimum Gasteiger partial charge on any atom is -0.469 e. The van der Waals surface area contributed by atoms with Crippen molar-refractivity contribution in [2.45, 2.75) is 12.5 Å². The number of carbonyl (C=O) groups excluding carboxylic acids is 1. The van der Waals surface area contributed by atoms with E-state index in [1.54, 1.807) is 6.07 Å². The van der Waals surface area contributed by atoms with Gasteiger partial charge in [0.1, 0.15) is 0 Å². The van der Waals surface area contributed by atoms with Crippen molar-refractivity contribution in [2.24, 2.45) is 5.73 Å². The van der Waals surface area contributed by atoms with Gasteiger partial charge in [-0.15, -0.1) is 0 Å². The van der Waals surface area contributed by atoms with Gasteiger partial charge in [0.05, 0.1) is 18.0 Å². The molecule has 0 unspecified atom stereocenters. The SMILES string of the molecule is COC(=O)C[C@H](N)c1cc(Br)c2c(c1)OCO2. The monoisotopic (exact) mass is 301 g/mol. The molecular formula is C11H12BrNO4. The molecule has 92 valence electrons. The maximum Gasteiger partial charge on any atom is 0.307 e. The minimum atomic E-state index is -0.423. The maximum atomic E-state index is 11.1. The van der Waals surface area contributed by atoms with E-state index in [-0.39, 0.29) is 19.2 Å². The van der Waals surface area contributed by atoms with E-state index in [4.69, 9.17) is 15.2 Å². The molecule has 1 atom stereocenters. The molecule has 0 radical (unpaired) electrons. The average Bonchev–Trinajstić information content (AvgIpc) is 2.77. The third kappa shape index (κ3) is 2.53. The quantitative estimate of drug-likeness (QED) is 0.861. The number of hydrogen-bond acceptors (Lipinski definition) is 5. The predicted molar refractivity (Wildman–Crippen MR) is 63.8 cm³/mol. The number of rotatable bonds is 3. The molecule has 17 heavy (non-hydrogen) atoms. The summed E-state index contributed by atoms with van der Waals surface area (Å²) in [4.78, 5) is 11.1. The highest BCUT2D eigenvalue weighted by molar-refractivity contribution is 9.10. The molecule has 5 nitrogen and oxygen atoms in total. The first kappa shape index (κ1) is 12.2. The fourth-order valence-corrected chi connectivity index (χ4v) is 2.16. The van der Waals surface area contributed by atoms with Crippen LogP contribution in [0.4, 0.5) is 0 Å². The first-order valence-electron chi connectivity index (χ1n) is 5.03. The summed E-state index contributed by atoms with van der Waals surface area (Å²) in [7, 11) is 1.34. The molecule has 1 aromatic rings. The molecule has 0 amide bonds. The van der Waals surface area contributed by atoms with Gasteiger partial charge in [0.25, 0.3) is 0 Å². The molecule has 0 aliphatic carbocycles. The van der Waals surface area contributed by atoms with Crippen molar-refractivity contribution < 1.29 is 19.0 Å². The molecule has 1 aliphatic heterocycles. The Hall–Kier alpha value is -1.27. The van der Waals surface area contributed by atoms with Gasteiger partial charge in [0.2, 0.25) is 6.79 Å². The van der Waals surface area contributed by atoms with Gasteiger partial charge in [-0.25, -0.2) is 0 Å². The molecule has 0 bridgehead atoms. The number of nitrogens with two attached hydrogens (primary N) is 1. The zero-order valence-electron chi connectivity index (χ0n) is 9.23. The summed E-state index contributed by atoms with van der Waals surface area (Å²) in [5.41, 5.74) is 6.71. The number of fused-ring (bicyclic) bond motifs is 1. The van der Waals surface area contributed by atoms with Crippen LogP contribution < -0.4 is 15.2 Å². The van der Waals surface area contributed by atoms with Crippen molar-refractivity contribution in [1.29, 1.82) is 0 Å². The Morgan fingerprint density at radius 2 is 2.35 bits per heavy atom. The van der Waals surface area contributed by atoms with Gasteiger partial charge in [-0.3, -0.25) is 4.79 Å². The highest BCUT2D eigenvalue weighted by atomic mass is 79.9. The molecule has 0 spiro atoms. The number of hydrogen-bond donors (Lipinski definition) is 1. The Bertz CT molecular complexity index is 449. The zero-order valence-corrected chi connectivity index (χ0v) is 10.8. The Balaban J connectivity index is 2.22. The van der Waals surface area contributed by atoms with Crippen LogP contribution in [-0.4, -0.2) is 19.9 Å². The van der Waals surface area contributed by atoms with Gasteiger partial charge in [-0.1, -0.05) is 0 Å². The van der Waals surface area contributed by atoms with Gasteiger partial charge in [-0.2, -0.15) is 0 Å². The van der Waals surface area contributed by atoms with Crippen molar-refractivity contribution in [3.63, 3.8) is 0 Å². The fraction of sp³-hybridized carbons (Fsp3) is 0.364. The van der Waals surface area contributed by atoms with Crippen molar-refractivity contribution in [2.75, 3.05) is 13.9 Å². The lowest BCUT2D eigenvalue weighted by molar-refractivity contribution is -0.141. The predicted octanol–water partition coefficient (Wildman–Crippen LogP) is 1.74. The molecule has 0 saturated carbocycles. The summed E-state index contributed by atoms with van der Waals surface area (Å²) in [6, 6.07) is 3.18. The van der Waals surface area contributed by atoms with Crippen molar-refractivity contribution in [3.05, 3.63) is 22.2 Å². The smallest absolute Gasteiger partial charge is 0.307 e. The molecule has 1 aromatic carbocycles. The molecule has 2 rings (SSSR count). The molecule has 1 aliphatic rings. The molecule has 6 heteroatoms. The second-order valence-electron chi connectivity index (χ2n) is 3.62. The van der Waals surface area contributed by atoms with E-state index in [1.165, 1.54) is 7.11 Å². The summed E-state index contributed by atoms with van der Waals surface area (Å²) in [5.74, 6) is 0.958. The van der Waals surface area contributed by atoms with Crippen molar-refractivity contribution in [3.8, 4) is 11.5 Å². The third-order valence-corrected chi connectivity index (χ3v) is 3.08. The first-order valence-corrected chi connectivity index (χ1v) is 5.82. The van der Waals surface area contributed by atoms with Crippen LogP contribution in [0, 0.1) is 0 Å². The lowest BCUT2D eigenvalue weighted by Gasteiger charge is -2.12. The lowest BCUT2D eigenvalue weighted by atomic mass is 10.0. The highest BCUT2D eigenvalue weighted by Gasteiger charge is 2.21. The van der Waals surface area contributed by atoms with Gasteiger partial charge in [-0.05, 0) is 33.6 Å². The van der Waals surface area contributed by atoms with E-state index >= 15 is 0 Å². The molecule has 2 N–H and O–H groups in total. The average molecular weight is 302 g/mol. The van der Waals surface area contributed by atoms with Crippen LogP contribution in [0.2, 0.25) is 0 Å². The maximum absolute atomic E-state index is 11.1. The van der Waals surface area contributed by atoms with Gasteiger partial charge >= 0.3 is 5.97 Å². The summed E-state index contributed by atoms with van der Waals surface area (Å²) >= 11 is 3.37. The van der Waals surface area contributed by atoms with E-state index in [0.29, 0.717) is 11.5 Å². The third-order valence-electron chi connectivity index (χ3n) is 2.49. The Morgan fingerprint density at radius 1 is 1.59 bits per heavy atom. The topological polar surface area (TPSA) is 70.8 Å². The number of ether oxygens (including phenoxy) is 3. The summed E-state index contributed by atoms with van der Waals surface area (Å²) in [5, 5.41) is 0. The summed E-state index contributed by atoms with van der Waals surface area (Å²) in [6.45, 7) is 0.198. The van der Waals surface area contributed by atoms with Crippen LogP contribution in [-0.2, 0) is 9.53 Å². The number of esters is 1. The minimum absolute atomic E-state index is 0.128. The Morgan fingerprint density at radius 3 is 3.06 bits per heavy atom. The molecule has 0 fully saturated rings. The van der Waals surface area contributed by atoms with Crippen LogP contribution in [0.15, 0.2) is 16.6 Å². The number of benzene rings is 1. The second-order valence-corrected chi connectivity index (χ2v) is 4.48. The Labute approximate surface area is 107 Å². The largest absolute Gasteiger partial charge is 0.469 e. The van der Waals surface area contributed by atoms with Gasteiger partial charge in [0, 0.05) is 6.04 Å². The highest BCUT2D eigenvalue weighted by Crippen LogP contribution is 2.41. The first-order chi connectivity index (χ1) is 8.11. The fourth-order valence-electron chi connectivity index (χ4n) is 1.58. The molecular weight excluding hydrogens is 290 g/mol. The lowest BCUT2D eigenvalue weighted by Crippen LogP contribution is -2.16. The number of halogens is 1. The normalized spacial score (nSPS) is 14.5. The summed E-state index contributed by atoms with van der Waals surface area (Å²) in [6.07, 6.45) is 0.128. The van der Waals surface area contributed by atoms with Gasteiger partial charge in [0.15, 0.2) is 11.5 Å². The second kappa shape index (κ2) is 4.93. The Kier molecular flexibility index (Phi) is 3.54. The molecule has 0 aromatic heterocycles. The van der Waals surface area contributed by atoms with Crippen LogP contribution in [0.25, 0.3) is 0 Å². The van der Waals surface area contributed by atoms with Crippen LogP contribution in [0.3, 0.4) is 0 Å². The van der Waals surface area contributed by atoms with Gasteiger partial charge < -0.3 is 19.9 Å². The van der Waals surface area contributed by atoms with E-state index in [0.717, 1.165) is 10.0 Å². The standard InChI is InChI=1S/C11H12BrNO4/c1-15-10(14)4-8(13)6-2-7(12)11-9(3-6)16-5-17-11/h2-3,8H,4-5,13H2,1H3/t8-/m0/s1. The molecule has 1 heterocycles. The number of carbonyl (C=O) groups is 1. The van der Waals surface area contributed by atoms with E-state index in [9.17, 15) is 4.79 Å². The van der Waals surface area contributed by atoms with Crippen molar-refractivity contribution >= 4 is 21.9 Å². The van der Waals surface area contributed by atoms with E-state index < -0.39 is 6.04 Å². The zero-order chi connectivity index (χ0) is 12.4. The van der Waals surface area contributed by atoms with Crippen molar-refractivity contribution in [1.82, 2.24) is 0 Å². The van der Waals surface area contributed by atoms with Crippen LogP contribution in [0.5, 0.6) is 11.5 Å². The molecule has 0 saturated heterocycles. The summed E-state index contributed by atoms with van der Waals surface area (Å²) < 4.78 is 15.9. The van der Waals surface area contributed by atoms with E-state index in [1.807, 2.05) is 6.07 Å². The van der Waals surface area contributed by atoms with Crippen LogP contribution >= 0.6 is 15.9 Å². The number of methoxy groups -OCH3 is 1.